The van der Waals surface area contributed by atoms with Crippen LogP contribution in [0.1, 0.15) is 31.2 Å². The number of carbonyl (C=O) groups excluding carboxylic acids is 3. The molecular formula is C17H21N3O5. The Kier molecular flexibility index (Phi) is 4.78. The number of phenolic OH excluding ortho intramolecular Hbond substituents is 1. The largest absolute Gasteiger partial charge is 0.504 e. The van der Waals surface area contributed by atoms with Crippen molar-refractivity contribution in [3.8, 4) is 11.5 Å². The maximum Gasteiger partial charge on any atom is 0.322 e. The summed E-state index contributed by atoms with van der Waals surface area (Å²) >= 11 is 0. The lowest BCUT2D eigenvalue weighted by Crippen LogP contribution is -2.50. The molecule has 4 amide bonds. The smallest absolute Gasteiger partial charge is 0.322 e. The highest BCUT2D eigenvalue weighted by Gasteiger charge is 2.37. The molecule has 1 saturated heterocycles. The summed E-state index contributed by atoms with van der Waals surface area (Å²) < 4.78 is 5.11. The second kappa shape index (κ2) is 7.00. The van der Waals surface area contributed by atoms with Crippen LogP contribution >= 0.6 is 0 Å². The van der Waals surface area contributed by atoms with Gasteiger partial charge in [-0.05, 0) is 37.0 Å². The SMILES string of the molecule is COc1cc(CN(C(=O)C2CCC(=O)NC(=O)N2)C2CC2)ccc1O. The average molecular weight is 347 g/mol. The normalized spacial score (nSPS) is 20.3. The summed E-state index contributed by atoms with van der Waals surface area (Å²) in [5.74, 6) is -0.192. The third-order valence-corrected chi connectivity index (χ3v) is 4.38. The second-order valence-corrected chi connectivity index (χ2v) is 6.32. The molecule has 1 atom stereocenters. The van der Waals surface area contributed by atoms with Crippen LogP contribution in [0.2, 0.25) is 0 Å². The molecule has 25 heavy (non-hydrogen) atoms. The molecule has 8 heteroatoms. The highest BCUT2D eigenvalue weighted by molar-refractivity contribution is 5.98. The van der Waals surface area contributed by atoms with Gasteiger partial charge in [-0.1, -0.05) is 6.07 Å². The molecule has 1 saturated carbocycles. The van der Waals surface area contributed by atoms with Crippen molar-refractivity contribution in [2.24, 2.45) is 0 Å². The van der Waals surface area contributed by atoms with Gasteiger partial charge in [0, 0.05) is 19.0 Å². The lowest BCUT2D eigenvalue weighted by atomic mass is 10.1. The van der Waals surface area contributed by atoms with E-state index in [0.717, 1.165) is 18.4 Å². The third-order valence-electron chi connectivity index (χ3n) is 4.38. The highest BCUT2D eigenvalue weighted by atomic mass is 16.5. The lowest BCUT2D eigenvalue weighted by molar-refractivity contribution is -0.134. The summed E-state index contributed by atoms with van der Waals surface area (Å²) in [6.07, 6.45) is 2.23. The molecular weight excluding hydrogens is 326 g/mol. The Morgan fingerprint density at radius 2 is 2.08 bits per heavy atom. The van der Waals surface area contributed by atoms with Gasteiger partial charge in [0.15, 0.2) is 11.5 Å². The van der Waals surface area contributed by atoms with Crippen LogP contribution in [0.3, 0.4) is 0 Å². The maximum absolute atomic E-state index is 12.9. The van der Waals surface area contributed by atoms with E-state index in [1.165, 1.54) is 13.2 Å². The van der Waals surface area contributed by atoms with E-state index in [2.05, 4.69) is 10.6 Å². The fourth-order valence-corrected chi connectivity index (χ4v) is 2.91. The van der Waals surface area contributed by atoms with Crippen molar-refractivity contribution in [3.63, 3.8) is 0 Å². The van der Waals surface area contributed by atoms with Gasteiger partial charge >= 0.3 is 6.03 Å². The molecule has 8 nitrogen and oxygen atoms in total. The number of phenols is 1. The summed E-state index contributed by atoms with van der Waals surface area (Å²) in [4.78, 5) is 37.7. The lowest BCUT2D eigenvalue weighted by Gasteiger charge is -2.27. The van der Waals surface area contributed by atoms with Crippen LogP contribution in [0.4, 0.5) is 4.79 Å². The van der Waals surface area contributed by atoms with Crippen molar-refractivity contribution in [2.75, 3.05) is 7.11 Å². The number of ether oxygens (including phenoxy) is 1. The first-order valence-corrected chi connectivity index (χ1v) is 8.24. The standard InChI is InChI=1S/C17H21N3O5/c1-25-14-8-10(2-6-13(14)21)9-20(11-3-4-11)16(23)12-5-7-15(22)19-17(24)18-12/h2,6,8,11-12,21H,3-5,7,9H2,1H3,(H2,18,19,22,24). The van der Waals surface area contributed by atoms with Gasteiger partial charge in [0.05, 0.1) is 7.11 Å². The first-order chi connectivity index (χ1) is 12.0. The summed E-state index contributed by atoms with van der Waals surface area (Å²) in [5.41, 5.74) is 0.823. The molecule has 0 radical (unpaired) electrons. The van der Waals surface area contributed by atoms with Gasteiger partial charge in [0.25, 0.3) is 0 Å². The Labute approximate surface area is 145 Å². The Morgan fingerprint density at radius 3 is 2.76 bits per heavy atom. The van der Waals surface area contributed by atoms with E-state index in [4.69, 9.17) is 4.74 Å². The van der Waals surface area contributed by atoms with E-state index < -0.39 is 12.1 Å². The van der Waals surface area contributed by atoms with Crippen molar-refractivity contribution >= 4 is 17.8 Å². The molecule has 0 aromatic heterocycles. The van der Waals surface area contributed by atoms with Gasteiger partial charge in [0.1, 0.15) is 6.04 Å². The number of methoxy groups -OCH3 is 1. The van der Waals surface area contributed by atoms with Crippen LogP contribution in [-0.2, 0) is 16.1 Å². The molecule has 1 unspecified atom stereocenters. The van der Waals surface area contributed by atoms with Crippen molar-refractivity contribution in [2.45, 2.75) is 44.3 Å². The molecule has 3 N–H and O–H groups in total. The molecule has 1 aliphatic heterocycles. The Bertz CT molecular complexity index is 702. The fraction of sp³-hybridized carbons (Fsp3) is 0.471. The number of rotatable bonds is 5. The zero-order valence-electron chi connectivity index (χ0n) is 13.9. The van der Waals surface area contributed by atoms with Crippen LogP contribution < -0.4 is 15.4 Å². The van der Waals surface area contributed by atoms with Crippen LogP contribution in [0.15, 0.2) is 18.2 Å². The van der Waals surface area contributed by atoms with Gasteiger partial charge in [0.2, 0.25) is 11.8 Å². The number of aromatic hydroxyl groups is 1. The molecule has 134 valence electrons. The Hall–Kier alpha value is -2.77. The molecule has 0 spiro atoms. The van der Waals surface area contributed by atoms with E-state index >= 15 is 0 Å². The predicted octanol–water partition coefficient (Wildman–Crippen LogP) is 0.880. The molecule has 0 bridgehead atoms. The maximum atomic E-state index is 12.9. The van der Waals surface area contributed by atoms with Gasteiger partial charge in [-0.3, -0.25) is 14.9 Å². The average Bonchev–Trinajstić information content (AvgIpc) is 3.42. The van der Waals surface area contributed by atoms with Crippen molar-refractivity contribution in [1.29, 1.82) is 0 Å². The zero-order valence-corrected chi connectivity index (χ0v) is 13.9. The number of hydrogen-bond acceptors (Lipinski definition) is 5. The van der Waals surface area contributed by atoms with Gasteiger partial charge in [-0.25, -0.2) is 4.79 Å². The minimum Gasteiger partial charge on any atom is -0.504 e. The number of urea groups is 1. The molecule has 2 fully saturated rings. The first kappa shape index (κ1) is 17.1. The Balaban J connectivity index is 1.75. The number of nitrogens with zero attached hydrogens (tertiary/aromatic N) is 1. The summed E-state index contributed by atoms with van der Waals surface area (Å²) in [5, 5.41) is 14.4. The monoisotopic (exact) mass is 347 g/mol. The van der Waals surface area contributed by atoms with Crippen LogP contribution in [-0.4, -0.2) is 47.0 Å². The van der Waals surface area contributed by atoms with E-state index in [9.17, 15) is 19.5 Å². The van der Waals surface area contributed by atoms with E-state index in [1.54, 1.807) is 17.0 Å². The van der Waals surface area contributed by atoms with E-state index in [0.29, 0.717) is 12.3 Å². The van der Waals surface area contributed by atoms with E-state index in [-0.39, 0.29) is 36.4 Å². The highest BCUT2D eigenvalue weighted by Crippen LogP contribution is 2.32. The Morgan fingerprint density at radius 1 is 1.32 bits per heavy atom. The molecule has 1 heterocycles. The minimum absolute atomic E-state index is 0.0381. The molecule has 3 rings (SSSR count). The minimum atomic E-state index is -0.717. The van der Waals surface area contributed by atoms with Crippen molar-refractivity contribution < 1.29 is 24.2 Å². The summed E-state index contributed by atoms with van der Waals surface area (Å²) in [6.45, 7) is 0.355. The predicted molar refractivity (Wildman–Crippen MR) is 87.9 cm³/mol. The molecule has 1 aliphatic carbocycles. The number of benzene rings is 1. The third kappa shape index (κ3) is 4.01. The van der Waals surface area contributed by atoms with Gasteiger partial charge in [-0.15, -0.1) is 0 Å². The summed E-state index contributed by atoms with van der Waals surface area (Å²) in [6, 6.07) is 3.73. The van der Waals surface area contributed by atoms with Crippen LogP contribution in [0, 0.1) is 0 Å². The number of amides is 4. The van der Waals surface area contributed by atoms with Crippen LogP contribution in [0.25, 0.3) is 0 Å². The van der Waals surface area contributed by atoms with E-state index in [1.807, 2.05) is 0 Å². The molecule has 1 aromatic rings. The number of carbonyl (C=O) groups is 3. The van der Waals surface area contributed by atoms with Gasteiger partial charge in [-0.2, -0.15) is 0 Å². The topological polar surface area (TPSA) is 108 Å². The number of hydrogen-bond donors (Lipinski definition) is 3. The summed E-state index contributed by atoms with van der Waals surface area (Å²) in [7, 11) is 1.47. The van der Waals surface area contributed by atoms with Crippen LogP contribution in [0.5, 0.6) is 11.5 Å². The van der Waals surface area contributed by atoms with Crippen molar-refractivity contribution in [1.82, 2.24) is 15.5 Å². The second-order valence-electron chi connectivity index (χ2n) is 6.32. The number of nitrogens with one attached hydrogen (secondary N) is 2. The number of imide groups is 1. The molecule has 2 aliphatic rings. The zero-order chi connectivity index (χ0) is 18.0. The first-order valence-electron chi connectivity index (χ1n) is 8.24. The van der Waals surface area contributed by atoms with Gasteiger partial charge < -0.3 is 20.1 Å². The fourth-order valence-electron chi connectivity index (χ4n) is 2.91. The quantitative estimate of drug-likeness (QED) is 0.733. The molecule has 1 aromatic carbocycles. The van der Waals surface area contributed by atoms with Crippen molar-refractivity contribution in [3.05, 3.63) is 23.8 Å².